The van der Waals surface area contributed by atoms with Crippen molar-refractivity contribution in [2.45, 2.75) is 31.8 Å². The van der Waals surface area contributed by atoms with E-state index in [2.05, 4.69) is 10.6 Å². The molecule has 1 fully saturated rings. The molecule has 0 spiro atoms. The predicted octanol–water partition coefficient (Wildman–Crippen LogP) is 0.133. The van der Waals surface area contributed by atoms with Gasteiger partial charge < -0.3 is 5.32 Å². The van der Waals surface area contributed by atoms with E-state index in [0.717, 1.165) is 13.0 Å². The molecular formula is C7H13N2O. The Hall–Kier alpha value is -0.570. The Bertz CT molecular complexity index is 97.8. The van der Waals surface area contributed by atoms with Crippen LogP contribution in [0.2, 0.25) is 0 Å². The lowest BCUT2D eigenvalue weighted by Gasteiger charge is -2.12. The molecule has 0 aromatic heterocycles. The smallest absolute Gasteiger partial charge is 0.310 e. The molecule has 1 radical (unpaired) electrons. The van der Waals surface area contributed by atoms with Gasteiger partial charge in [-0.1, -0.05) is 12.8 Å². The Morgan fingerprint density at radius 1 is 1.40 bits per heavy atom. The van der Waals surface area contributed by atoms with Gasteiger partial charge in [0.1, 0.15) is 0 Å². The molecule has 57 valence electrons. The average molecular weight is 141 g/mol. The van der Waals surface area contributed by atoms with Gasteiger partial charge in [-0.05, 0) is 19.4 Å². The maximum Gasteiger partial charge on any atom is 0.310 e. The number of hydrogen-bond donors (Lipinski definition) is 2. The van der Waals surface area contributed by atoms with Gasteiger partial charge in [-0.3, -0.25) is 10.1 Å². The van der Waals surface area contributed by atoms with Crippen LogP contribution in [0.25, 0.3) is 0 Å². The fraction of sp³-hybridized carbons (Fsp3) is 0.857. The summed E-state index contributed by atoms with van der Waals surface area (Å²) in [5.74, 6) is 0. The van der Waals surface area contributed by atoms with Crippen LogP contribution in [0.4, 0.5) is 0 Å². The van der Waals surface area contributed by atoms with E-state index in [-0.39, 0.29) is 6.17 Å². The molecule has 0 aromatic carbocycles. The standard InChI is InChI=1S/C7H13N2O/c10-6-9-7-4-2-1-3-5-8-7/h7-8H,1-5H2,(H,9,10). The van der Waals surface area contributed by atoms with Crippen molar-refractivity contribution in [2.24, 2.45) is 0 Å². The Morgan fingerprint density at radius 3 is 3.10 bits per heavy atom. The third kappa shape index (κ3) is 2.35. The van der Waals surface area contributed by atoms with Gasteiger partial charge >= 0.3 is 6.41 Å². The highest BCUT2D eigenvalue weighted by Gasteiger charge is 2.08. The monoisotopic (exact) mass is 141 g/mol. The van der Waals surface area contributed by atoms with Gasteiger partial charge in [-0.25, -0.2) is 0 Å². The van der Waals surface area contributed by atoms with Gasteiger partial charge in [0.2, 0.25) is 0 Å². The molecule has 10 heavy (non-hydrogen) atoms. The molecule has 1 unspecified atom stereocenters. The molecular weight excluding hydrogens is 128 g/mol. The van der Waals surface area contributed by atoms with Crippen molar-refractivity contribution >= 4 is 6.41 Å². The molecule has 1 amide bonds. The van der Waals surface area contributed by atoms with Crippen LogP contribution in [0, 0.1) is 0 Å². The van der Waals surface area contributed by atoms with Crippen molar-refractivity contribution in [2.75, 3.05) is 6.54 Å². The second kappa shape index (κ2) is 4.28. The molecule has 0 bridgehead atoms. The number of amides is 1. The van der Waals surface area contributed by atoms with Crippen LogP contribution in [0.1, 0.15) is 25.7 Å². The van der Waals surface area contributed by atoms with E-state index >= 15 is 0 Å². The molecule has 1 heterocycles. The Morgan fingerprint density at radius 2 is 2.30 bits per heavy atom. The first kappa shape index (κ1) is 7.54. The van der Waals surface area contributed by atoms with Crippen molar-refractivity contribution in [3.63, 3.8) is 0 Å². The molecule has 1 rings (SSSR count). The molecule has 0 aliphatic carbocycles. The van der Waals surface area contributed by atoms with Crippen LogP contribution in [-0.4, -0.2) is 19.1 Å². The molecule has 1 aliphatic heterocycles. The maximum absolute atomic E-state index is 9.91. The van der Waals surface area contributed by atoms with Gasteiger partial charge in [0, 0.05) is 0 Å². The zero-order chi connectivity index (χ0) is 7.23. The minimum absolute atomic E-state index is 0.167. The number of rotatable bonds is 2. The van der Waals surface area contributed by atoms with E-state index in [1.54, 1.807) is 6.41 Å². The van der Waals surface area contributed by atoms with Crippen LogP contribution in [0.15, 0.2) is 0 Å². The summed E-state index contributed by atoms with van der Waals surface area (Å²) < 4.78 is 0. The number of nitrogens with one attached hydrogen (secondary N) is 2. The minimum atomic E-state index is 0.167. The fourth-order valence-corrected chi connectivity index (χ4v) is 1.22. The highest BCUT2D eigenvalue weighted by atomic mass is 16.1. The van der Waals surface area contributed by atoms with Crippen LogP contribution in [0.5, 0.6) is 0 Å². The van der Waals surface area contributed by atoms with Crippen LogP contribution >= 0.6 is 0 Å². The normalized spacial score (nSPS) is 27.0. The average Bonchev–Trinajstić information content (AvgIpc) is 2.17. The fourth-order valence-electron chi connectivity index (χ4n) is 1.22. The quantitative estimate of drug-likeness (QED) is 0.537. The van der Waals surface area contributed by atoms with Crippen molar-refractivity contribution in [1.82, 2.24) is 10.6 Å². The highest BCUT2D eigenvalue weighted by Crippen LogP contribution is 2.05. The molecule has 1 aliphatic rings. The molecule has 3 nitrogen and oxygen atoms in total. The zero-order valence-corrected chi connectivity index (χ0v) is 6.02. The molecule has 2 N–H and O–H groups in total. The summed E-state index contributed by atoms with van der Waals surface area (Å²) in [6.07, 6.45) is 6.59. The van der Waals surface area contributed by atoms with Gasteiger partial charge in [0.05, 0.1) is 6.17 Å². The third-order valence-electron chi connectivity index (χ3n) is 1.79. The number of hydrogen-bond acceptors (Lipinski definition) is 2. The van der Waals surface area contributed by atoms with E-state index in [1.807, 2.05) is 0 Å². The lowest BCUT2D eigenvalue weighted by Crippen LogP contribution is -2.40. The van der Waals surface area contributed by atoms with Crippen molar-refractivity contribution < 1.29 is 4.79 Å². The van der Waals surface area contributed by atoms with E-state index < -0.39 is 0 Å². The molecule has 1 saturated heterocycles. The second-order valence-corrected chi connectivity index (χ2v) is 2.60. The lowest BCUT2D eigenvalue weighted by atomic mass is 10.2. The summed E-state index contributed by atoms with van der Waals surface area (Å²) in [6.45, 7) is 1.01. The highest BCUT2D eigenvalue weighted by molar-refractivity contribution is 5.47. The van der Waals surface area contributed by atoms with E-state index in [0.29, 0.717) is 0 Å². The van der Waals surface area contributed by atoms with Crippen molar-refractivity contribution in [3.8, 4) is 0 Å². The van der Waals surface area contributed by atoms with Crippen LogP contribution in [0.3, 0.4) is 0 Å². The lowest BCUT2D eigenvalue weighted by molar-refractivity contribution is 0.456. The van der Waals surface area contributed by atoms with Gasteiger partial charge in [0.25, 0.3) is 0 Å². The Kier molecular flexibility index (Phi) is 3.22. The van der Waals surface area contributed by atoms with Gasteiger partial charge in [-0.15, -0.1) is 0 Å². The van der Waals surface area contributed by atoms with Gasteiger partial charge in [-0.2, -0.15) is 0 Å². The summed E-state index contributed by atoms with van der Waals surface area (Å²) in [7, 11) is 0. The largest absolute Gasteiger partial charge is 0.333 e. The van der Waals surface area contributed by atoms with Gasteiger partial charge in [0.15, 0.2) is 0 Å². The summed E-state index contributed by atoms with van der Waals surface area (Å²) in [5.41, 5.74) is 0. The van der Waals surface area contributed by atoms with E-state index in [1.165, 1.54) is 19.3 Å². The molecule has 1 atom stereocenters. The second-order valence-electron chi connectivity index (χ2n) is 2.60. The maximum atomic E-state index is 9.91. The van der Waals surface area contributed by atoms with E-state index in [9.17, 15) is 4.79 Å². The Labute approximate surface area is 61.2 Å². The molecule has 3 heteroatoms. The summed E-state index contributed by atoms with van der Waals surface area (Å²) >= 11 is 0. The predicted molar refractivity (Wildman–Crippen MR) is 39.1 cm³/mol. The minimum Gasteiger partial charge on any atom is -0.333 e. The summed E-state index contributed by atoms with van der Waals surface area (Å²) in [6, 6.07) is 0. The topological polar surface area (TPSA) is 41.1 Å². The van der Waals surface area contributed by atoms with Crippen molar-refractivity contribution in [3.05, 3.63) is 0 Å². The SMILES string of the molecule is O=[C]NC1CCCCCN1. The van der Waals surface area contributed by atoms with Crippen LogP contribution < -0.4 is 10.6 Å². The van der Waals surface area contributed by atoms with Crippen LogP contribution in [-0.2, 0) is 4.79 Å². The zero-order valence-electron chi connectivity index (χ0n) is 6.02. The first-order valence-electron chi connectivity index (χ1n) is 3.79. The summed E-state index contributed by atoms with van der Waals surface area (Å²) in [4.78, 5) is 9.91. The summed E-state index contributed by atoms with van der Waals surface area (Å²) in [5, 5.41) is 5.82. The molecule has 0 saturated carbocycles. The molecule has 0 aromatic rings. The van der Waals surface area contributed by atoms with Crippen molar-refractivity contribution in [1.29, 1.82) is 0 Å². The van der Waals surface area contributed by atoms with E-state index in [4.69, 9.17) is 0 Å². The third-order valence-corrected chi connectivity index (χ3v) is 1.79. The number of carbonyl (C=O) groups excluding carboxylic acids is 1. The first-order valence-corrected chi connectivity index (χ1v) is 3.79. The first-order chi connectivity index (χ1) is 4.93. The Balaban J connectivity index is 2.21.